The number of amides is 1. The molecule has 2 aliphatic heterocycles. The lowest BCUT2D eigenvalue weighted by Crippen LogP contribution is -2.59. The Morgan fingerprint density at radius 1 is 1.07 bits per heavy atom. The van der Waals surface area contributed by atoms with Gasteiger partial charge in [-0.15, -0.1) is 0 Å². The minimum atomic E-state index is -1.29. The first-order valence-electron chi connectivity index (χ1n) is 9.79. The Morgan fingerprint density at radius 3 is 2.31 bits per heavy atom. The Balaban J connectivity index is 1.52. The molecule has 4 rings (SSSR count). The summed E-state index contributed by atoms with van der Waals surface area (Å²) in [7, 11) is -1.29. The van der Waals surface area contributed by atoms with Gasteiger partial charge in [0.25, 0.3) is 0 Å². The number of carbonyl (C=O) groups is 2. The van der Waals surface area contributed by atoms with Gasteiger partial charge in [0.15, 0.2) is 0 Å². The number of hydrogen-bond acceptors (Lipinski definition) is 4. The lowest BCUT2D eigenvalue weighted by atomic mass is 9.82. The molecule has 150 valence electrons. The molecule has 2 heterocycles. The van der Waals surface area contributed by atoms with E-state index in [9.17, 15) is 13.8 Å². The van der Waals surface area contributed by atoms with Gasteiger partial charge in [-0.1, -0.05) is 67.6 Å². The summed E-state index contributed by atoms with van der Waals surface area (Å²) in [5.74, 6) is -0.447. The number of ether oxygens (including phenoxy) is 1. The van der Waals surface area contributed by atoms with Crippen molar-refractivity contribution in [2.75, 3.05) is 5.75 Å². The van der Waals surface area contributed by atoms with E-state index < -0.39 is 16.8 Å². The molecule has 6 heteroatoms. The van der Waals surface area contributed by atoms with Crippen LogP contribution in [0.15, 0.2) is 71.3 Å². The van der Waals surface area contributed by atoms with Crippen molar-refractivity contribution in [2.45, 2.75) is 32.4 Å². The molecular weight excluding hydrogens is 386 g/mol. The normalized spacial score (nSPS) is 21.6. The summed E-state index contributed by atoms with van der Waals surface area (Å²) in [4.78, 5) is 27.8. The SMILES string of the molecule is CCS(=O)C1=C(C(=O)OCc2ccccc2)N2C(=O)C(Cc3ccccc3)C2C1. The van der Waals surface area contributed by atoms with Gasteiger partial charge in [-0.25, -0.2) is 4.79 Å². The second-order valence-corrected chi connectivity index (χ2v) is 9.00. The molecule has 2 aromatic carbocycles. The van der Waals surface area contributed by atoms with Crippen LogP contribution in [0.3, 0.4) is 0 Å². The van der Waals surface area contributed by atoms with Crippen LogP contribution in [0.25, 0.3) is 0 Å². The minimum absolute atomic E-state index is 0.0892. The van der Waals surface area contributed by atoms with Crippen molar-refractivity contribution in [1.82, 2.24) is 4.90 Å². The molecule has 1 amide bonds. The van der Waals surface area contributed by atoms with Gasteiger partial charge in [-0.3, -0.25) is 9.00 Å². The van der Waals surface area contributed by atoms with Gasteiger partial charge in [0.05, 0.1) is 22.8 Å². The number of esters is 1. The first kappa shape index (κ1) is 19.6. The van der Waals surface area contributed by atoms with Crippen molar-refractivity contribution >= 4 is 22.7 Å². The van der Waals surface area contributed by atoms with E-state index >= 15 is 0 Å². The van der Waals surface area contributed by atoms with Gasteiger partial charge in [-0.05, 0) is 17.5 Å². The summed E-state index contributed by atoms with van der Waals surface area (Å²) in [5, 5.41) is 0. The van der Waals surface area contributed by atoms with Gasteiger partial charge in [0, 0.05) is 17.1 Å². The number of rotatable bonds is 7. The number of β-lactam (4-membered cyclic amide) rings is 1. The maximum atomic E-state index is 12.9. The van der Waals surface area contributed by atoms with E-state index in [0.29, 0.717) is 23.5 Å². The zero-order chi connectivity index (χ0) is 20.4. The monoisotopic (exact) mass is 409 g/mol. The van der Waals surface area contributed by atoms with Crippen LogP contribution in [0.1, 0.15) is 24.5 Å². The highest BCUT2D eigenvalue weighted by molar-refractivity contribution is 7.89. The van der Waals surface area contributed by atoms with Gasteiger partial charge in [0.1, 0.15) is 12.3 Å². The first-order chi connectivity index (χ1) is 14.1. The van der Waals surface area contributed by atoms with E-state index in [1.807, 2.05) is 67.6 Å². The molecule has 1 fully saturated rings. The molecule has 0 saturated carbocycles. The Kier molecular flexibility index (Phi) is 5.62. The van der Waals surface area contributed by atoms with Crippen LogP contribution in [0.2, 0.25) is 0 Å². The van der Waals surface area contributed by atoms with E-state index in [1.165, 1.54) is 4.90 Å². The summed E-state index contributed by atoms with van der Waals surface area (Å²) in [6, 6.07) is 19.1. The van der Waals surface area contributed by atoms with Gasteiger partial charge < -0.3 is 9.64 Å². The molecule has 3 unspecified atom stereocenters. The van der Waals surface area contributed by atoms with E-state index in [1.54, 1.807) is 0 Å². The maximum absolute atomic E-state index is 12.9. The number of hydrogen-bond donors (Lipinski definition) is 0. The van der Waals surface area contributed by atoms with E-state index in [-0.39, 0.29) is 30.2 Å². The standard InChI is InChI=1S/C23H23NO4S/c1-2-29(27)20-14-19-18(13-16-9-5-3-6-10-16)22(25)24(19)21(20)23(26)28-15-17-11-7-4-8-12-17/h3-12,18-19H,2,13-15H2,1H3. The summed E-state index contributed by atoms with van der Waals surface area (Å²) < 4.78 is 18.1. The Labute approximate surface area is 172 Å². The molecule has 2 aromatic rings. The molecule has 0 bridgehead atoms. The third-order valence-electron chi connectivity index (χ3n) is 5.49. The fraction of sp³-hybridized carbons (Fsp3) is 0.304. The molecule has 29 heavy (non-hydrogen) atoms. The van der Waals surface area contributed by atoms with Crippen molar-refractivity contribution in [3.63, 3.8) is 0 Å². The Morgan fingerprint density at radius 2 is 1.69 bits per heavy atom. The van der Waals surface area contributed by atoms with Crippen LogP contribution < -0.4 is 0 Å². The topological polar surface area (TPSA) is 63.7 Å². The largest absolute Gasteiger partial charge is 0.456 e. The average Bonchev–Trinajstić information content (AvgIpc) is 3.13. The first-order valence-corrected chi connectivity index (χ1v) is 11.1. The van der Waals surface area contributed by atoms with Crippen LogP contribution in [-0.2, 0) is 38.2 Å². The van der Waals surface area contributed by atoms with Crippen molar-refractivity contribution in [1.29, 1.82) is 0 Å². The van der Waals surface area contributed by atoms with Crippen LogP contribution in [0.5, 0.6) is 0 Å². The molecule has 0 radical (unpaired) electrons. The molecule has 1 saturated heterocycles. The summed E-state index contributed by atoms with van der Waals surface area (Å²) in [6.07, 6.45) is 1.10. The number of nitrogens with zero attached hydrogens (tertiary/aromatic N) is 1. The quantitative estimate of drug-likeness (QED) is 0.520. The van der Waals surface area contributed by atoms with Gasteiger partial charge in [0.2, 0.25) is 5.91 Å². The average molecular weight is 410 g/mol. The summed E-state index contributed by atoms with van der Waals surface area (Å²) >= 11 is 0. The maximum Gasteiger partial charge on any atom is 0.356 e. The third kappa shape index (κ3) is 3.77. The minimum Gasteiger partial charge on any atom is -0.456 e. The highest BCUT2D eigenvalue weighted by atomic mass is 32.2. The smallest absolute Gasteiger partial charge is 0.356 e. The molecule has 3 atom stereocenters. The zero-order valence-electron chi connectivity index (χ0n) is 16.2. The fourth-order valence-electron chi connectivity index (χ4n) is 4.01. The van der Waals surface area contributed by atoms with Crippen LogP contribution >= 0.6 is 0 Å². The number of benzene rings is 2. The third-order valence-corrected chi connectivity index (χ3v) is 6.93. The van der Waals surface area contributed by atoms with Gasteiger partial charge >= 0.3 is 5.97 Å². The van der Waals surface area contributed by atoms with Crippen molar-refractivity contribution in [3.05, 3.63) is 82.4 Å². The lowest BCUT2D eigenvalue weighted by Gasteiger charge is -2.43. The lowest BCUT2D eigenvalue weighted by molar-refractivity contribution is -0.157. The highest BCUT2D eigenvalue weighted by Gasteiger charge is 2.55. The predicted molar refractivity (Wildman–Crippen MR) is 111 cm³/mol. The number of fused-ring (bicyclic) bond motifs is 1. The second kappa shape index (κ2) is 8.33. The van der Waals surface area contributed by atoms with Crippen LogP contribution in [0.4, 0.5) is 0 Å². The Bertz CT molecular complexity index is 971. The predicted octanol–water partition coefficient (Wildman–Crippen LogP) is 3.18. The fourth-order valence-corrected chi connectivity index (χ4v) is 5.11. The molecule has 0 spiro atoms. The second-order valence-electron chi connectivity index (χ2n) is 7.24. The molecule has 2 aliphatic rings. The molecule has 0 N–H and O–H groups in total. The molecule has 0 aromatic heterocycles. The van der Waals surface area contributed by atoms with E-state index in [4.69, 9.17) is 4.74 Å². The van der Waals surface area contributed by atoms with Crippen molar-refractivity contribution in [3.8, 4) is 0 Å². The number of carbonyl (C=O) groups excluding carboxylic acids is 2. The van der Waals surface area contributed by atoms with Crippen LogP contribution in [0, 0.1) is 5.92 Å². The molecule has 0 aliphatic carbocycles. The van der Waals surface area contributed by atoms with Crippen molar-refractivity contribution in [2.24, 2.45) is 5.92 Å². The van der Waals surface area contributed by atoms with Crippen molar-refractivity contribution < 1.29 is 18.5 Å². The zero-order valence-corrected chi connectivity index (χ0v) is 17.1. The molecule has 5 nitrogen and oxygen atoms in total. The summed E-state index contributed by atoms with van der Waals surface area (Å²) in [6.45, 7) is 1.93. The Hall–Kier alpha value is -2.73. The van der Waals surface area contributed by atoms with Gasteiger partial charge in [-0.2, -0.15) is 0 Å². The van der Waals surface area contributed by atoms with E-state index in [0.717, 1.165) is 11.1 Å². The highest BCUT2D eigenvalue weighted by Crippen LogP contribution is 2.45. The van der Waals surface area contributed by atoms with E-state index in [2.05, 4.69) is 0 Å². The molecular formula is C23H23NO4S. The van der Waals surface area contributed by atoms with Crippen LogP contribution in [-0.4, -0.2) is 32.8 Å². The summed E-state index contributed by atoms with van der Waals surface area (Å²) in [5.41, 5.74) is 2.15.